The molecule has 1 N–H and O–H groups in total. The van der Waals surface area contributed by atoms with E-state index in [4.69, 9.17) is 0 Å². The van der Waals surface area contributed by atoms with Crippen LogP contribution in [0.2, 0.25) is 0 Å². The van der Waals surface area contributed by atoms with Crippen LogP contribution in [0.5, 0.6) is 0 Å². The highest BCUT2D eigenvalue weighted by Crippen LogP contribution is 2.32. The third-order valence-corrected chi connectivity index (χ3v) is 5.25. The van der Waals surface area contributed by atoms with E-state index in [0.717, 1.165) is 48.0 Å². The molecule has 130 valence electrons. The molecule has 2 heterocycles. The van der Waals surface area contributed by atoms with Crippen molar-refractivity contribution >= 4 is 11.3 Å². The lowest BCUT2D eigenvalue weighted by Gasteiger charge is -2.31. The number of thiazole rings is 1. The highest BCUT2D eigenvalue weighted by atomic mass is 32.1. The van der Waals surface area contributed by atoms with E-state index in [9.17, 15) is 13.2 Å². The number of alkyl halides is 3. The number of nitrogens with zero attached hydrogens (tertiary/aromatic N) is 2. The van der Waals surface area contributed by atoms with E-state index in [0.29, 0.717) is 6.04 Å². The molecule has 2 aromatic rings. The molecule has 1 aromatic heterocycles. The van der Waals surface area contributed by atoms with Crippen molar-refractivity contribution in [1.82, 2.24) is 15.2 Å². The van der Waals surface area contributed by atoms with E-state index in [1.165, 1.54) is 36.3 Å². The minimum atomic E-state index is -4.30. The number of likely N-dealkylation sites (tertiary alicyclic amines) is 1. The minimum absolute atomic E-state index is 0.520. The Hall–Kier alpha value is -1.44. The van der Waals surface area contributed by atoms with Crippen LogP contribution in [0.3, 0.4) is 0 Å². The molecule has 0 radical (unpaired) electrons. The number of piperidine rings is 1. The number of aromatic nitrogens is 1. The first kappa shape index (κ1) is 17.4. The van der Waals surface area contributed by atoms with Gasteiger partial charge in [0.15, 0.2) is 0 Å². The van der Waals surface area contributed by atoms with Crippen LogP contribution in [0.15, 0.2) is 29.6 Å². The summed E-state index contributed by atoms with van der Waals surface area (Å²) in [6.45, 7) is 2.85. The van der Waals surface area contributed by atoms with Gasteiger partial charge in [-0.05, 0) is 38.6 Å². The maximum absolute atomic E-state index is 12.6. The Morgan fingerprint density at radius 3 is 2.71 bits per heavy atom. The summed E-state index contributed by atoms with van der Waals surface area (Å²) in [5.74, 6) is 0. The van der Waals surface area contributed by atoms with Gasteiger partial charge in [0.25, 0.3) is 0 Å². The van der Waals surface area contributed by atoms with Gasteiger partial charge in [0, 0.05) is 30.1 Å². The fourth-order valence-corrected chi connectivity index (χ4v) is 3.79. The van der Waals surface area contributed by atoms with Crippen molar-refractivity contribution in [1.29, 1.82) is 0 Å². The number of hydrogen-bond donors (Lipinski definition) is 1. The Balaban J connectivity index is 1.67. The van der Waals surface area contributed by atoms with Crippen molar-refractivity contribution in [3.05, 3.63) is 40.9 Å². The number of likely N-dealkylation sites (N-methyl/N-ethyl adjacent to an activating group) is 1. The second-order valence-corrected chi connectivity index (χ2v) is 6.94. The molecule has 3 rings (SSSR count). The van der Waals surface area contributed by atoms with E-state index < -0.39 is 11.7 Å². The molecule has 0 spiro atoms. The SMILES string of the molecule is CNC1CCCN(Cc2csc(-c3ccc(C(F)(F)F)cc3)n2)C1. The first-order chi connectivity index (χ1) is 11.5. The third-order valence-electron chi connectivity index (χ3n) is 4.31. The van der Waals surface area contributed by atoms with Crippen LogP contribution in [0.1, 0.15) is 24.1 Å². The Morgan fingerprint density at radius 2 is 2.04 bits per heavy atom. The lowest BCUT2D eigenvalue weighted by atomic mass is 10.1. The first-order valence-corrected chi connectivity index (χ1v) is 8.85. The van der Waals surface area contributed by atoms with E-state index >= 15 is 0 Å². The van der Waals surface area contributed by atoms with Crippen molar-refractivity contribution in [3.8, 4) is 10.6 Å². The Labute approximate surface area is 143 Å². The molecule has 7 heteroatoms. The Kier molecular flexibility index (Phi) is 5.22. The summed E-state index contributed by atoms with van der Waals surface area (Å²) in [4.78, 5) is 6.96. The summed E-state index contributed by atoms with van der Waals surface area (Å²) >= 11 is 1.48. The minimum Gasteiger partial charge on any atom is -0.316 e. The largest absolute Gasteiger partial charge is 0.416 e. The second kappa shape index (κ2) is 7.21. The Bertz CT molecular complexity index is 666. The molecular weight excluding hydrogens is 335 g/mol. The third kappa shape index (κ3) is 4.15. The van der Waals surface area contributed by atoms with Crippen LogP contribution < -0.4 is 5.32 Å². The molecule has 0 aliphatic carbocycles. The van der Waals surface area contributed by atoms with Gasteiger partial charge < -0.3 is 5.32 Å². The number of rotatable bonds is 4. The lowest BCUT2D eigenvalue weighted by molar-refractivity contribution is -0.137. The number of nitrogens with one attached hydrogen (secondary N) is 1. The predicted octanol–water partition coefficient (Wildman–Crippen LogP) is 4.01. The number of hydrogen-bond acceptors (Lipinski definition) is 4. The number of benzene rings is 1. The topological polar surface area (TPSA) is 28.2 Å². The smallest absolute Gasteiger partial charge is 0.316 e. The van der Waals surface area contributed by atoms with Crippen molar-refractivity contribution in [2.24, 2.45) is 0 Å². The van der Waals surface area contributed by atoms with E-state index in [1.807, 2.05) is 12.4 Å². The quantitative estimate of drug-likeness (QED) is 0.898. The van der Waals surface area contributed by atoms with Crippen LogP contribution in [-0.4, -0.2) is 36.1 Å². The number of halogens is 3. The van der Waals surface area contributed by atoms with Gasteiger partial charge in [-0.25, -0.2) is 4.98 Å². The molecule has 1 atom stereocenters. The molecule has 1 unspecified atom stereocenters. The average molecular weight is 355 g/mol. The molecule has 0 saturated carbocycles. The zero-order chi connectivity index (χ0) is 17.2. The van der Waals surface area contributed by atoms with Crippen molar-refractivity contribution < 1.29 is 13.2 Å². The van der Waals surface area contributed by atoms with Crippen LogP contribution >= 0.6 is 11.3 Å². The van der Waals surface area contributed by atoms with E-state index in [1.54, 1.807) is 0 Å². The second-order valence-electron chi connectivity index (χ2n) is 6.08. The van der Waals surface area contributed by atoms with Crippen molar-refractivity contribution in [2.75, 3.05) is 20.1 Å². The summed E-state index contributed by atoms with van der Waals surface area (Å²) in [6, 6.07) is 5.72. The Morgan fingerprint density at radius 1 is 1.29 bits per heavy atom. The predicted molar refractivity (Wildman–Crippen MR) is 89.9 cm³/mol. The summed E-state index contributed by atoms with van der Waals surface area (Å²) in [6.07, 6.45) is -1.94. The van der Waals surface area contributed by atoms with Gasteiger partial charge >= 0.3 is 6.18 Å². The zero-order valence-corrected chi connectivity index (χ0v) is 14.3. The first-order valence-electron chi connectivity index (χ1n) is 7.97. The van der Waals surface area contributed by atoms with Crippen LogP contribution in [0.25, 0.3) is 10.6 Å². The van der Waals surface area contributed by atoms with Gasteiger partial charge in [-0.2, -0.15) is 13.2 Å². The molecule has 1 aliphatic heterocycles. The maximum Gasteiger partial charge on any atom is 0.416 e. The summed E-state index contributed by atoms with van der Waals surface area (Å²) < 4.78 is 37.9. The van der Waals surface area contributed by atoms with Gasteiger partial charge in [-0.3, -0.25) is 4.90 Å². The molecule has 1 aromatic carbocycles. The summed E-state index contributed by atoms with van der Waals surface area (Å²) in [5, 5.41) is 6.08. The van der Waals surface area contributed by atoms with Crippen molar-refractivity contribution in [2.45, 2.75) is 31.6 Å². The van der Waals surface area contributed by atoms with Gasteiger partial charge in [-0.1, -0.05) is 12.1 Å². The van der Waals surface area contributed by atoms with Crippen molar-refractivity contribution in [3.63, 3.8) is 0 Å². The van der Waals surface area contributed by atoms with Crippen LogP contribution in [0, 0.1) is 0 Å². The highest BCUT2D eigenvalue weighted by molar-refractivity contribution is 7.13. The fraction of sp³-hybridized carbons (Fsp3) is 0.471. The maximum atomic E-state index is 12.6. The standard InChI is InChI=1S/C17H20F3N3S/c1-21-14-3-2-8-23(9-14)10-15-11-24-16(22-15)12-4-6-13(7-5-12)17(18,19)20/h4-7,11,14,21H,2-3,8-10H2,1H3. The molecule has 1 saturated heterocycles. The van der Waals surface area contributed by atoms with Crippen LogP contribution in [0.4, 0.5) is 13.2 Å². The summed E-state index contributed by atoms with van der Waals surface area (Å²) in [7, 11) is 1.99. The molecule has 0 bridgehead atoms. The highest BCUT2D eigenvalue weighted by Gasteiger charge is 2.30. The van der Waals surface area contributed by atoms with Gasteiger partial charge in [0.1, 0.15) is 5.01 Å². The molecule has 0 amide bonds. The summed E-state index contributed by atoms with van der Waals surface area (Å²) in [5.41, 5.74) is 1.08. The van der Waals surface area contributed by atoms with Gasteiger partial charge in [-0.15, -0.1) is 11.3 Å². The van der Waals surface area contributed by atoms with Gasteiger partial charge in [0.05, 0.1) is 11.3 Å². The molecule has 1 fully saturated rings. The van der Waals surface area contributed by atoms with Crippen LogP contribution in [-0.2, 0) is 12.7 Å². The fourth-order valence-electron chi connectivity index (χ4n) is 2.98. The normalized spacial score (nSPS) is 19.6. The van der Waals surface area contributed by atoms with Gasteiger partial charge in [0.2, 0.25) is 0 Å². The molecule has 3 nitrogen and oxygen atoms in total. The van der Waals surface area contributed by atoms with E-state index in [-0.39, 0.29) is 0 Å². The average Bonchev–Trinajstić information content (AvgIpc) is 3.03. The van der Waals surface area contributed by atoms with E-state index in [2.05, 4.69) is 15.2 Å². The molecule has 1 aliphatic rings. The monoisotopic (exact) mass is 355 g/mol. The zero-order valence-electron chi connectivity index (χ0n) is 13.4. The lowest BCUT2D eigenvalue weighted by Crippen LogP contribution is -2.43. The molecular formula is C17H20F3N3S. The molecule has 24 heavy (non-hydrogen) atoms.